The molecule has 6 heteroatoms. The summed E-state index contributed by atoms with van der Waals surface area (Å²) in [5, 5.41) is 9.54. The van der Waals surface area contributed by atoms with Gasteiger partial charge in [-0.15, -0.1) is 0 Å². The Hall–Kier alpha value is -3.33. The van der Waals surface area contributed by atoms with E-state index in [1.807, 2.05) is 25.1 Å². The van der Waals surface area contributed by atoms with Crippen LogP contribution in [0.15, 0.2) is 36.4 Å². The van der Waals surface area contributed by atoms with Crippen LogP contribution in [0.4, 0.5) is 0 Å². The van der Waals surface area contributed by atoms with Crippen molar-refractivity contribution in [3.8, 4) is 23.2 Å². The highest BCUT2D eigenvalue weighted by Crippen LogP contribution is 2.29. The first-order valence-corrected chi connectivity index (χ1v) is 9.24. The summed E-state index contributed by atoms with van der Waals surface area (Å²) in [6.07, 6.45) is 0. The van der Waals surface area contributed by atoms with Crippen LogP contribution >= 0.6 is 0 Å². The number of benzene rings is 2. The molecular formula is C22H23N3O3. The Morgan fingerprint density at radius 2 is 2.04 bits per heavy atom. The number of fused-ring (bicyclic) bond motifs is 1. The van der Waals surface area contributed by atoms with E-state index in [0.717, 1.165) is 16.9 Å². The molecule has 0 amide bonds. The maximum Gasteiger partial charge on any atom is 0.337 e. The quantitative estimate of drug-likeness (QED) is 0.595. The molecule has 0 aliphatic rings. The molecule has 1 aromatic heterocycles. The summed E-state index contributed by atoms with van der Waals surface area (Å²) in [6.45, 7) is 7.41. The van der Waals surface area contributed by atoms with Gasteiger partial charge >= 0.3 is 5.97 Å². The number of hydrogen-bond donors (Lipinski definition) is 0. The number of nitriles is 1. The molecule has 1 heterocycles. The van der Waals surface area contributed by atoms with Gasteiger partial charge in [0.2, 0.25) is 0 Å². The molecule has 0 radical (unpaired) electrons. The van der Waals surface area contributed by atoms with Gasteiger partial charge in [-0.1, -0.05) is 13.8 Å². The van der Waals surface area contributed by atoms with Gasteiger partial charge in [-0.25, -0.2) is 9.78 Å². The van der Waals surface area contributed by atoms with Crippen molar-refractivity contribution in [2.75, 3.05) is 13.7 Å². The van der Waals surface area contributed by atoms with Crippen LogP contribution in [-0.2, 0) is 11.3 Å². The fourth-order valence-corrected chi connectivity index (χ4v) is 3.05. The number of methoxy groups -OCH3 is 1. The van der Waals surface area contributed by atoms with E-state index in [1.54, 1.807) is 18.2 Å². The van der Waals surface area contributed by atoms with Crippen molar-refractivity contribution in [3.63, 3.8) is 0 Å². The van der Waals surface area contributed by atoms with E-state index in [9.17, 15) is 10.1 Å². The largest absolute Gasteiger partial charge is 0.492 e. The van der Waals surface area contributed by atoms with Crippen molar-refractivity contribution in [1.82, 2.24) is 9.55 Å². The second kappa shape index (κ2) is 8.13. The predicted molar refractivity (Wildman–Crippen MR) is 107 cm³/mol. The third kappa shape index (κ3) is 3.70. The molecule has 0 fully saturated rings. The first kappa shape index (κ1) is 19.4. The maximum absolute atomic E-state index is 11.8. The lowest BCUT2D eigenvalue weighted by atomic mass is 10.1. The van der Waals surface area contributed by atoms with Crippen molar-refractivity contribution in [2.45, 2.75) is 27.3 Å². The number of rotatable bonds is 6. The average molecular weight is 377 g/mol. The highest BCUT2D eigenvalue weighted by molar-refractivity contribution is 5.94. The molecule has 6 nitrogen and oxygen atoms in total. The average Bonchev–Trinajstić information content (AvgIpc) is 3.09. The molecule has 0 bridgehead atoms. The smallest absolute Gasteiger partial charge is 0.337 e. The molecule has 3 aromatic rings. The van der Waals surface area contributed by atoms with Crippen LogP contribution in [-0.4, -0.2) is 29.2 Å². The van der Waals surface area contributed by atoms with Crippen molar-refractivity contribution in [3.05, 3.63) is 47.5 Å². The van der Waals surface area contributed by atoms with Crippen molar-refractivity contribution < 1.29 is 14.3 Å². The van der Waals surface area contributed by atoms with Crippen LogP contribution in [0.5, 0.6) is 5.75 Å². The highest BCUT2D eigenvalue weighted by atomic mass is 16.5. The molecule has 0 aliphatic heterocycles. The molecule has 0 atom stereocenters. The number of carbonyl (C=O) groups excluding carboxylic acids is 1. The number of esters is 1. The van der Waals surface area contributed by atoms with Gasteiger partial charge < -0.3 is 14.0 Å². The molecule has 144 valence electrons. The van der Waals surface area contributed by atoms with Gasteiger partial charge in [0.25, 0.3) is 0 Å². The lowest BCUT2D eigenvalue weighted by molar-refractivity contribution is 0.0601. The zero-order chi connectivity index (χ0) is 20.3. The summed E-state index contributed by atoms with van der Waals surface area (Å²) in [6, 6.07) is 13.1. The predicted octanol–water partition coefficient (Wildman–Crippen LogP) is 4.42. The van der Waals surface area contributed by atoms with Gasteiger partial charge in [0.05, 0.1) is 35.9 Å². The Kier molecular flexibility index (Phi) is 5.65. The SMILES string of the molecule is CCn1c(-c2ccc(OCC(C)C)c(C#N)c2)nc2cc(C(=O)OC)ccc21. The monoisotopic (exact) mass is 377 g/mol. The maximum atomic E-state index is 11.8. The molecule has 0 saturated heterocycles. The number of hydrogen-bond acceptors (Lipinski definition) is 5. The Labute approximate surface area is 164 Å². The van der Waals surface area contributed by atoms with E-state index in [0.29, 0.717) is 41.5 Å². The Balaban J connectivity index is 2.07. The first-order chi connectivity index (χ1) is 13.5. The van der Waals surface area contributed by atoms with Crippen molar-refractivity contribution in [2.24, 2.45) is 5.92 Å². The van der Waals surface area contributed by atoms with Crippen LogP contribution in [0.1, 0.15) is 36.7 Å². The zero-order valence-electron chi connectivity index (χ0n) is 16.5. The van der Waals surface area contributed by atoms with E-state index in [2.05, 4.69) is 24.5 Å². The number of imidazole rings is 1. The normalized spacial score (nSPS) is 10.9. The van der Waals surface area contributed by atoms with Crippen LogP contribution < -0.4 is 4.74 Å². The minimum absolute atomic E-state index is 0.375. The van der Waals surface area contributed by atoms with Crippen LogP contribution in [0.2, 0.25) is 0 Å². The van der Waals surface area contributed by atoms with E-state index in [1.165, 1.54) is 7.11 Å². The molecular weight excluding hydrogens is 354 g/mol. The summed E-state index contributed by atoms with van der Waals surface area (Å²) in [5.41, 5.74) is 3.38. The summed E-state index contributed by atoms with van der Waals surface area (Å²) >= 11 is 0. The minimum Gasteiger partial charge on any atom is -0.492 e. The molecule has 2 aromatic carbocycles. The third-order valence-electron chi connectivity index (χ3n) is 4.42. The fourth-order valence-electron chi connectivity index (χ4n) is 3.05. The minimum atomic E-state index is -0.395. The topological polar surface area (TPSA) is 77.1 Å². The fraction of sp³-hybridized carbons (Fsp3) is 0.318. The van der Waals surface area contributed by atoms with Crippen LogP contribution in [0.25, 0.3) is 22.4 Å². The van der Waals surface area contributed by atoms with Gasteiger partial charge in [-0.2, -0.15) is 5.26 Å². The molecule has 0 aliphatic carbocycles. The van der Waals surface area contributed by atoms with Crippen LogP contribution in [0.3, 0.4) is 0 Å². The summed E-state index contributed by atoms with van der Waals surface area (Å²) in [4.78, 5) is 16.5. The number of ether oxygens (including phenoxy) is 2. The van der Waals surface area contributed by atoms with E-state index < -0.39 is 5.97 Å². The number of nitrogens with zero attached hydrogens (tertiary/aromatic N) is 3. The molecule has 0 N–H and O–H groups in total. The van der Waals surface area contributed by atoms with Crippen molar-refractivity contribution in [1.29, 1.82) is 5.26 Å². The highest BCUT2D eigenvalue weighted by Gasteiger charge is 2.16. The summed E-state index contributed by atoms with van der Waals surface area (Å²) in [7, 11) is 1.36. The summed E-state index contributed by atoms with van der Waals surface area (Å²) in [5.74, 6) is 1.30. The summed E-state index contributed by atoms with van der Waals surface area (Å²) < 4.78 is 12.6. The van der Waals surface area contributed by atoms with Gasteiger partial charge in [-0.05, 0) is 49.2 Å². The molecule has 0 unspecified atom stereocenters. The second-order valence-electron chi connectivity index (χ2n) is 6.90. The Bertz CT molecular complexity index is 1060. The number of aromatic nitrogens is 2. The first-order valence-electron chi connectivity index (χ1n) is 9.24. The van der Waals surface area contributed by atoms with E-state index >= 15 is 0 Å². The van der Waals surface area contributed by atoms with Crippen molar-refractivity contribution >= 4 is 17.0 Å². The number of carbonyl (C=O) groups is 1. The molecule has 28 heavy (non-hydrogen) atoms. The standard InChI is InChI=1S/C22H23N3O3/c1-5-25-19-8-6-16(22(26)27-4)11-18(19)24-21(25)15-7-9-20(17(10-15)12-23)28-13-14(2)3/h6-11,14H,5,13H2,1-4H3. The number of aryl methyl sites for hydroxylation is 1. The Morgan fingerprint density at radius 3 is 2.68 bits per heavy atom. The van der Waals surface area contributed by atoms with E-state index in [4.69, 9.17) is 14.5 Å². The van der Waals surface area contributed by atoms with Crippen LogP contribution in [0, 0.1) is 17.2 Å². The lowest BCUT2D eigenvalue weighted by Gasteiger charge is -2.12. The molecule has 0 saturated carbocycles. The molecule has 3 rings (SSSR count). The van der Waals surface area contributed by atoms with Gasteiger partial charge in [0.1, 0.15) is 17.6 Å². The van der Waals surface area contributed by atoms with E-state index in [-0.39, 0.29) is 0 Å². The Morgan fingerprint density at radius 1 is 1.25 bits per heavy atom. The van der Waals surface area contributed by atoms with Gasteiger partial charge in [0, 0.05) is 12.1 Å². The second-order valence-corrected chi connectivity index (χ2v) is 6.90. The van der Waals surface area contributed by atoms with Gasteiger partial charge in [0.15, 0.2) is 0 Å². The lowest BCUT2D eigenvalue weighted by Crippen LogP contribution is -2.06. The third-order valence-corrected chi connectivity index (χ3v) is 4.42. The molecule has 0 spiro atoms. The van der Waals surface area contributed by atoms with Gasteiger partial charge in [-0.3, -0.25) is 0 Å². The zero-order valence-corrected chi connectivity index (χ0v) is 16.5.